The smallest absolute Gasteiger partial charge is 0.220 e. The van der Waals surface area contributed by atoms with E-state index in [1.807, 2.05) is 0 Å². The molecule has 0 bridgehead atoms. The van der Waals surface area contributed by atoms with Gasteiger partial charge in [0.05, 0.1) is 0 Å². The molecule has 2 N–H and O–H groups in total. The molecule has 5 heteroatoms. The minimum atomic E-state index is -0.0787. The van der Waals surface area contributed by atoms with Gasteiger partial charge in [0.15, 0.2) is 0 Å². The van der Waals surface area contributed by atoms with E-state index >= 15 is 0 Å². The van der Waals surface area contributed by atoms with Crippen LogP contribution in [0.2, 0.25) is 0 Å². The molecule has 0 rings (SSSR count). The van der Waals surface area contributed by atoms with Crippen molar-refractivity contribution in [3.8, 4) is 0 Å². The van der Waals surface area contributed by atoms with E-state index in [0.29, 0.717) is 0 Å². The van der Waals surface area contributed by atoms with Crippen molar-refractivity contribution in [2.24, 2.45) is 0 Å². The van der Waals surface area contributed by atoms with Crippen LogP contribution < -0.4 is 10.6 Å². The Labute approximate surface area is 77.4 Å². The molecular formula is C7H18N2O2Si. The zero-order chi connectivity index (χ0) is 9.28. The molecule has 0 saturated heterocycles. The quantitative estimate of drug-likeness (QED) is 0.498. The molecular weight excluding hydrogens is 172 g/mol. The molecule has 0 aromatic heterocycles. The van der Waals surface area contributed by atoms with E-state index in [4.69, 9.17) is 0 Å². The van der Waals surface area contributed by atoms with Gasteiger partial charge < -0.3 is 10.6 Å². The zero-order valence-electron chi connectivity index (χ0n) is 7.10. The van der Waals surface area contributed by atoms with Gasteiger partial charge in [0.1, 0.15) is 0 Å². The summed E-state index contributed by atoms with van der Waals surface area (Å²) < 4.78 is 0. The van der Waals surface area contributed by atoms with Crippen LogP contribution in [-0.2, 0) is 9.59 Å². The molecule has 0 saturated carbocycles. The molecule has 0 aliphatic carbocycles. The largest absolute Gasteiger partial charge is 0.359 e. The summed E-state index contributed by atoms with van der Waals surface area (Å²) in [6.45, 7) is 6.17. The van der Waals surface area contributed by atoms with Crippen LogP contribution in [-0.4, -0.2) is 29.8 Å². The molecule has 0 aliphatic heterocycles. The molecule has 2 amide bonds. The highest BCUT2D eigenvalue weighted by atomic mass is 28.1. The number of carbonyl (C=O) groups is 2. The first-order valence-corrected chi connectivity index (χ1v) is 3.11. The molecule has 4 nitrogen and oxygen atoms in total. The normalized spacial score (nSPS) is 6.25. The molecule has 72 valence electrons. The standard InChI is InChI=1S/C4H7NO.C3H7NO.H4Si/c1-3-5-4(2)6;1-3(5)4-2;/h3H,1H2,2H3,(H,5,6);1-2H3,(H,4,5);1H4. The van der Waals surface area contributed by atoms with Crippen LogP contribution in [0.25, 0.3) is 0 Å². The maximum Gasteiger partial charge on any atom is 0.220 e. The Balaban J connectivity index is -0.000000126. The number of nitrogens with one attached hydrogen (secondary N) is 2. The van der Waals surface area contributed by atoms with E-state index in [0.717, 1.165) is 0 Å². The highest BCUT2D eigenvalue weighted by molar-refractivity contribution is 5.75. The average Bonchev–Trinajstić information content (AvgIpc) is 1.89. The van der Waals surface area contributed by atoms with Crippen LogP contribution >= 0.6 is 0 Å². The second-order valence-corrected chi connectivity index (χ2v) is 1.71. The third kappa shape index (κ3) is 36.5. The average molecular weight is 190 g/mol. The lowest BCUT2D eigenvalue weighted by atomic mass is 10.7. The molecule has 0 fully saturated rings. The molecule has 0 spiro atoms. The van der Waals surface area contributed by atoms with E-state index < -0.39 is 0 Å². The van der Waals surface area contributed by atoms with Crippen molar-refractivity contribution < 1.29 is 9.59 Å². The SMILES string of the molecule is C=CNC(C)=O.CNC(C)=O.[SiH4]. The van der Waals surface area contributed by atoms with Gasteiger partial charge in [-0.25, -0.2) is 0 Å². The van der Waals surface area contributed by atoms with Crippen LogP contribution in [0, 0.1) is 0 Å². The van der Waals surface area contributed by atoms with E-state index in [2.05, 4.69) is 17.2 Å². The van der Waals surface area contributed by atoms with Gasteiger partial charge in [-0.2, -0.15) is 0 Å². The summed E-state index contributed by atoms with van der Waals surface area (Å²) in [4.78, 5) is 19.6. The summed E-state index contributed by atoms with van der Waals surface area (Å²) in [6, 6.07) is 0. The molecule has 0 aromatic carbocycles. The van der Waals surface area contributed by atoms with Gasteiger partial charge in [-0.3, -0.25) is 9.59 Å². The summed E-state index contributed by atoms with van der Waals surface area (Å²) in [7, 11) is 1.60. The number of amides is 2. The van der Waals surface area contributed by atoms with Crippen molar-refractivity contribution in [2.45, 2.75) is 13.8 Å². The summed E-state index contributed by atoms with van der Waals surface area (Å²) >= 11 is 0. The molecule has 12 heavy (non-hydrogen) atoms. The minimum Gasteiger partial charge on any atom is -0.359 e. The van der Waals surface area contributed by atoms with Crippen LogP contribution in [0.15, 0.2) is 12.8 Å². The molecule has 0 aliphatic rings. The Morgan fingerprint density at radius 1 is 1.25 bits per heavy atom. The predicted octanol–water partition coefficient (Wildman–Crippen LogP) is -1.43. The van der Waals surface area contributed by atoms with Crippen molar-refractivity contribution in [1.82, 2.24) is 10.6 Å². The third-order valence-electron chi connectivity index (χ3n) is 0.657. The topological polar surface area (TPSA) is 58.2 Å². The Bertz CT molecular complexity index is 148. The molecule has 0 atom stereocenters. The number of hydrogen-bond acceptors (Lipinski definition) is 2. The Morgan fingerprint density at radius 2 is 1.58 bits per heavy atom. The van der Waals surface area contributed by atoms with Crippen LogP contribution in [0.3, 0.4) is 0 Å². The molecule has 0 aromatic rings. The highest BCUT2D eigenvalue weighted by Gasteiger charge is 1.75. The molecule has 0 heterocycles. The molecule has 0 radical (unpaired) electrons. The van der Waals surface area contributed by atoms with Gasteiger partial charge in [0.2, 0.25) is 11.8 Å². The maximum atomic E-state index is 9.86. The number of carbonyl (C=O) groups excluding carboxylic acids is 2. The Hall–Kier alpha value is -1.10. The summed E-state index contributed by atoms with van der Waals surface area (Å²) in [6.07, 6.45) is 1.35. The molecule has 0 unspecified atom stereocenters. The second kappa shape index (κ2) is 12.6. The fraction of sp³-hybridized carbons (Fsp3) is 0.429. The van der Waals surface area contributed by atoms with Gasteiger partial charge in [-0.1, -0.05) is 6.58 Å². The summed E-state index contributed by atoms with van der Waals surface area (Å²) in [5.41, 5.74) is 0. The fourth-order valence-electron chi connectivity index (χ4n) is 0.144. The van der Waals surface area contributed by atoms with Crippen LogP contribution in [0.1, 0.15) is 13.8 Å². The monoisotopic (exact) mass is 190 g/mol. The highest BCUT2D eigenvalue weighted by Crippen LogP contribution is 1.54. The zero-order valence-corrected chi connectivity index (χ0v) is 7.10. The van der Waals surface area contributed by atoms with Gasteiger partial charge in [-0.05, 0) is 17.2 Å². The summed E-state index contributed by atoms with van der Waals surface area (Å²) in [5.74, 6) is -0.0741. The predicted molar refractivity (Wildman–Crippen MR) is 55.1 cm³/mol. The van der Waals surface area contributed by atoms with E-state index in [9.17, 15) is 9.59 Å². The second-order valence-electron chi connectivity index (χ2n) is 1.71. The minimum absolute atomic E-state index is 0. The van der Waals surface area contributed by atoms with Crippen molar-refractivity contribution in [2.75, 3.05) is 7.05 Å². The van der Waals surface area contributed by atoms with Gasteiger partial charge in [0, 0.05) is 20.9 Å². The first-order chi connectivity index (χ1) is 5.04. The maximum absolute atomic E-state index is 9.86. The summed E-state index contributed by atoms with van der Waals surface area (Å²) in [5, 5.41) is 4.72. The van der Waals surface area contributed by atoms with E-state index in [-0.39, 0.29) is 22.8 Å². The Kier molecular flexibility index (Phi) is 17.9. The lowest BCUT2D eigenvalue weighted by Crippen LogP contribution is -2.11. The fourth-order valence-corrected chi connectivity index (χ4v) is 0.144. The van der Waals surface area contributed by atoms with Crippen molar-refractivity contribution in [3.05, 3.63) is 12.8 Å². The van der Waals surface area contributed by atoms with Crippen molar-refractivity contribution >= 4 is 22.8 Å². The first kappa shape index (κ1) is 17.1. The van der Waals surface area contributed by atoms with Crippen LogP contribution in [0.4, 0.5) is 0 Å². The van der Waals surface area contributed by atoms with Crippen molar-refractivity contribution in [3.63, 3.8) is 0 Å². The van der Waals surface area contributed by atoms with E-state index in [1.165, 1.54) is 20.0 Å². The Morgan fingerprint density at radius 3 is 1.58 bits per heavy atom. The third-order valence-corrected chi connectivity index (χ3v) is 0.657. The lowest BCUT2D eigenvalue weighted by Gasteiger charge is -1.83. The number of rotatable bonds is 1. The van der Waals surface area contributed by atoms with E-state index in [1.54, 1.807) is 7.05 Å². The van der Waals surface area contributed by atoms with Crippen LogP contribution in [0.5, 0.6) is 0 Å². The van der Waals surface area contributed by atoms with Gasteiger partial charge in [-0.15, -0.1) is 0 Å². The van der Waals surface area contributed by atoms with Gasteiger partial charge >= 0.3 is 0 Å². The van der Waals surface area contributed by atoms with Crippen molar-refractivity contribution in [1.29, 1.82) is 0 Å². The number of hydrogen-bond donors (Lipinski definition) is 2. The van der Waals surface area contributed by atoms with Gasteiger partial charge in [0.25, 0.3) is 0 Å². The first-order valence-electron chi connectivity index (χ1n) is 3.11. The lowest BCUT2D eigenvalue weighted by molar-refractivity contribution is -0.119.